The standard InChI is InChI=1S/C12H16O5/c1-14-12(13)9-5-6-15-10(9)3-2-4-11-16-7-8-17-11/h5-6,11H,2-4,7-8H2,1H3. The van der Waals surface area contributed by atoms with Crippen LogP contribution in [0.2, 0.25) is 0 Å². The van der Waals surface area contributed by atoms with Gasteiger partial charge in [0.15, 0.2) is 6.29 Å². The molecule has 0 saturated carbocycles. The summed E-state index contributed by atoms with van der Waals surface area (Å²) < 4.78 is 20.6. The lowest BCUT2D eigenvalue weighted by Crippen LogP contribution is -2.08. The third kappa shape index (κ3) is 3.08. The van der Waals surface area contributed by atoms with Crippen molar-refractivity contribution in [1.29, 1.82) is 0 Å². The molecule has 5 heteroatoms. The molecule has 17 heavy (non-hydrogen) atoms. The van der Waals surface area contributed by atoms with E-state index >= 15 is 0 Å². The zero-order valence-corrected chi connectivity index (χ0v) is 9.81. The fourth-order valence-corrected chi connectivity index (χ4v) is 1.83. The maximum Gasteiger partial charge on any atom is 0.341 e. The van der Waals surface area contributed by atoms with Crippen LogP contribution in [0, 0.1) is 0 Å². The summed E-state index contributed by atoms with van der Waals surface area (Å²) in [6.45, 7) is 1.33. The molecule has 1 aromatic heterocycles. The lowest BCUT2D eigenvalue weighted by molar-refractivity contribution is -0.0477. The highest BCUT2D eigenvalue weighted by Crippen LogP contribution is 2.17. The number of furan rings is 1. The third-order valence-corrected chi connectivity index (χ3v) is 2.69. The van der Waals surface area contributed by atoms with E-state index in [1.165, 1.54) is 13.4 Å². The van der Waals surface area contributed by atoms with Crippen molar-refractivity contribution in [2.45, 2.75) is 25.6 Å². The summed E-state index contributed by atoms with van der Waals surface area (Å²) >= 11 is 0. The Hall–Kier alpha value is -1.33. The van der Waals surface area contributed by atoms with Gasteiger partial charge in [-0.25, -0.2) is 4.79 Å². The number of methoxy groups -OCH3 is 1. The molecular weight excluding hydrogens is 224 g/mol. The molecule has 5 nitrogen and oxygen atoms in total. The largest absolute Gasteiger partial charge is 0.468 e. The first-order valence-electron chi connectivity index (χ1n) is 5.69. The summed E-state index contributed by atoms with van der Waals surface area (Å²) in [5.41, 5.74) is 0.501. The van der Waals surface area contributed by atoms with E-state index in [0.717, 1.165) is 12.8 Å². The van der Waals surface area contributed by atoms with Crippen LogP contribution in [0.4, 0.5) is 0 Å². The van der Waals surface area contributed by atoms with Crippen molar-refractivity contribution in [1.82, 2.24) is 0 Å². The van der Waals surface area contributed by atoms with E-state index < -0.39 is 0 Å². The second kappa shape index (κ2) is 5.84. The van der Waals surface area contributed by atoms with Crippen LogP contribution in [-0.2, 0) is 20.6 Å². The molecule has 1 aliphatic rings. The SMILES string of the molecule is COC(=O)c1ccoc1CCCC1OCCO1. The van der Waals surface area contributed by atoms with Crippen LogP contribution in [0.1, 0.15) is 29.0 Å². The van der Waals surface area contributed by atoms with E-state index in [1.54, 1.807) is 6.07 Å². The van der Waals surface area contributed by atoms with E-state index in [0.29, 0.717) is 31.0 Å². The zero-order chi connectivity index (χ0) is 12.1. The van der Waals surface area contributed by atoms with Crippen molar-refractivity contribution in [3.63, 3.8) is 0 Å². The first-order valence-corrected chi connectivity index (χ1v) is 5.69. The average molecular weight is 240 g/mol. The molecule has 94 valence electrons. The fourth-order valence-electron chi connectivity index (χ4n) is 1.83. The van der Waals surface area contributed by atoms with Crippen LogP contribution in [0.5, 0.6) is 0 Å². The molecule has 2 rings (SSSR count). The normalized spacial score (nSPS) is 16.3. The van der Waals surface area contributed by atoms with Gasteiger partial charge < -0.3 is 18.6 Å². The van der Waals surface area contributed by atoms with Gasteiger partial charge in [-0.1, -0.05) is 0 Å². The van der Waals surface area contributed by atoms with Gasteiger partial charge in [-0.15, -0.1) is 0 Å². The topological polar surface area (TPSA) is 57.9 Å². The van der Waals surface area contributed by atoms with Crippen LogP contribution in [-0.4, -0.2) is 32.6 Å². The Bertz CT molecular complexity index is 365. The Morgan fingerprint density at radius 1 is 1.47 bits per heavy atom. The molecule has 1 aliphatic heterocycles. The number of rotatable bonds is 5. The van der Waals surface area contributed by atoms with Crippen LogP contribution >= 0.6 is 0 Å². The van der Waals surface area contributed by atoms with Crippen molar-refractivity contribution in [3.8, 4) is 0 Å². The molecule has 0 atom stereocenters. The van der Waals surface area contributed by atoms with Gasteiger partial charge in [0.2, 0.25) is 0 Å². The minimum Gasteiger partial charge on any atom is -0.468 e. The lowest BCUT2D eigenvalue weighted by Gasteiger charge is -2.07. The van der Waals surface area contributed by atoms with Crippen molar-refractivity contribution in [2.75, 3.05) is 20.3 Å². The van der Waals surface area contributed by atoms with Gasteiger partial charge >= 0.3 is 5.97 Å². The van der Waals surface area contributed by atoms with Gasteiger partial charge in [0, 0.05) is 6.42 Å². The molecule has 0 radical (unpaired) electrons. The maximum atomic E-state index is 11.4. The zero-order valence-electron chi connectivity index (χ0n) is 9.81. The second-order valence-corrected chi connectivity index (χ2v) is 3.81. The molecule has 0 bridgehead atoms. The number of aryl methyl sites for hydroxylation is 1. The van der Waals surface area contributed by atoms with Crippen molar-refractivity contribution >= 4 is 5.97 Å². The van der Waals surface area contributed by atoms with Gasteiger partial charge in [0.05, 0.1) is 26.6 Å². The van der Waals surface area contributed by atoms with Crippen LogP contribution < -0.4 is 0 Å². The molecule has 1 fully saturated rings. The number of carbonyl (C=O) groups excluding carboxylic acids is 1. The third-order valence-electron chi connectivity index (χ3n) is 2.69. The van der Waals surface area contributed by atoms with E-state index in [-0.39, 0.29) is 12.3 Å². The van der Waals surface area contributed by atoms with Crippen LogP contribution in [0.25, 0.3) is 0 Å². The molecule has 1 aromatic rings. The predicted molar refractivity (Wildman–Crippen MR) is 58.7 cm³/mol. The van der Waals surface area contributed by atoms with Crippen LogP contribution in [0.3, 0.4) is 0 Å². The number of hydrogen-bond acceptors (Lipinski definition) is 5. The second-order valence-electron chi connectivity index (χ2n) is 3.81. The van der Waals surface area contributed by atoms with Crippen LogP contribution in [0.15, 0.2) is 16.7 Å². The summed E-state index contributed by atoms with van der Waals surface area (Å²) in [6.07, 6.45) is 3.74. The molecular formula is C12H16O5. The van der Waals surface area contributed by atoms with Gasteiger partial charge in [-0.2, -0.15) is 0 Å². The average Bonchev–Trinajstić information content (AvgIpc) is 2.99. The highest BCUT2D eigenvalue weighted by atomic mass is 16.7. The number of carbonyl (C=O) groups is 1. The van der Waals surface area contributed by atoms with Gasteiger partial charge in [-0.05, 0) is 18.9 Å². The number of hydrogen-bond donors (Lipinski definition) is 0. The minimum atomic E-state index is -0.359. The minimum absolute atomic E-state index is 0.105. The van der Waals surface area contributed by atoms with E-state index in [4.69, 9.17) is 13.9 Å². The molecule has 0 amide bonds. The molecule has 0 spiro atoms. The van der Waals surface area contributed by atoms with Crippen molar-refractivity contribution in [2.24, 2.45) is 0 Å². The van der Waals surface area contributed by atoms with Gasteiger partial charge in [0.25, 0.3) is 0 Å². The molecule has 0 unspecified atom stereocenters. The Morgan fingerprint density at radius 3 is 2.94 bits per heavy atom. The smallest absolute Gasteiger partial charge is 0.341 e. The quantitative estimate of drug-likeness (QED) is 0.734. The molecule has 0 N–H and O–H groups in total. The van der Waals surface area contributed by atoms with Gasteiger partial charge in [0.1, 0.15) is 11.3 Å². The number of ether oxygens (including phenoxy) is 3. The molecule has 0 aromatic carbocycles. The highest BCUT2D eigenvalue weighted by Gasteiger charge is 2.18. The summed E-state index contributed by atoms with van der Waals surface area (Å²) in [4.78, 5) is 11.4. The predicted octanol–water partition coefficient (Wildman–Crippen LogP) is 1.76. The summed E-state index contributed by atoms with van der Waals surface area (Å²) in [5, 5.41) is 0. The monoisotopic (exact) mass is 240 g/mol. The Balaban J connectivity index is 1.82. The Kier molecular flexibility index (Phi) is 4.17. The van der Waals surface area contributed by atoms with Gasteiger partial charge in [-0.3, -0.25) is 0 Å². The fraction of sp³-hybridized carbons (Fsp3) is 0.583. The Morgan fingerprint density at radius 2 is 2.24 bits per heavy atom. The Labute approximate surface area is 99.6 Å². The molecule has 0 aliphatic carbocycles. The van der Waals surface area contributed by atoms with E-state index in [1.807, 2.05) is 0 Å². The van der Waals surface area contributed by atoms with E-state index in [9.17, 15) is 4.79 Å². The number of esters is 1. The summed E-state index contributed by atoms with van der Waals surface area (Å²) in [7, 11) is 1.36. The molecule has 2 heterocycles. The maximum absolute atomic E-state index is 11.4. The summed E-state index contributed by atoms with van der Waals surface area (Å²) in [5.74, 6) is 0.303. The molecule has 1 saturated heterocycles. The first-order chi connectivity index (χ1) is 8.31. The first kappa shape index (κ1) is 12.1. The van der Waals surface area contributed by atoms with Crippen molar-refractivity contribution in [3.05, 3.63) is 23.7 Å². The van der Waals surface area contributed by atoms with Crippen molar-refractivity contribution < 1.29 is 23.4 Å². The van der Waals surface area contributed by atoms with E-state index in [2.05, 4.69) is 4.74 Å². The highest BCUT2D eigenvalue weighted by molar-refractivity contribution is 5.90. The lowest BCUT2D eigenvalue weighted by atomic mass is 10.1. The summed E-state index contributed by atoms with van der Waals surface area (Å²) in [6, 6.07) is 1.63.